The second-order valence-electron chi connectivity index (χ2n) is 5.71. The second kappa shape index (κ2) is 6.23. The molecule has 0 amide bonds. The smallest absolute Gasteiger partial charge is 0.230 e. The Kier molecular flexibility index (Phi) is 4.82. The van der Waals surface area contributed by atoms with Crippen LogP contribution in [-0.4, -0.2) is 36.3 Å². The van der Waals surface area contributed by atoms with E-state index in [-0.39, 0.29) is 17.7 Å². The maximum absolute atomic E-state index is 12.6. The molecule has 0 N–H and O–H groups in total. The van der Waals surface area contributed by atoms with Crippen LogP contribution in [0.25, 0.3) is 0 Å². The average molecular weight is 298 g/mol. The molecule has 2 fully saturated rings. The van der Waals surface area contributed by atoms with Gasteiger partial charge >= 0.3 is 0 Å². The zero-order valence-corrected chi connectivity index (χ0v) is 12.7. The fourth-order valence-corrected chi connectivity index (χ4v) is 5.32. The number of hydrogen-bond donors (Lipinski definition) is 0. The van der Waals surface area contributed by atoms with E-state index < -0.39 is 15.3 Å². The summed E-state index contributed by atoms with van der Waals surface area (Å²) in [6.07, 6.45) is 5.05. The third-order valence-electron chi connectivity index (χ3n) is 4.52. The molecule has 0 aromatic carbocycles. The van der Waals surface area contributed by atoms with E-state index in [0.29, 0.717) is 19.4 Å². The number of hydrogen-bond acceptors (Lipinski definition) is 4. The van der Waals surface area contributed by atoms with Gasteiger partial charge in [-0.05, 0) is 32.1 Å². The van der Waals surface area contributed by atoms with Gasteiger partial charge in [-0.3, -0.25) is 4.79 Å². The van der Waals surface area contributed by atoms with Gasteiger partial charge in [-0.1, -0.05) is 13.3 Å². The Labute approximate surface area is 121 Å². The van der Waals surface area contributed by atoms with Crippen LogP contribution in [-0.2, 0) is 14.8 Å². The number of ketones is 1. The summed E-state index contributed by atoms with van der Waals surface area (Å²) in [6, 6.07) is 1.68. The van der Waals surface area contributed by atoms with E-state index >= 15 is 0 Å². The molecule has 6 heteroatoms. The molecule has 1 aliphatic heterocycles. The summed E-state index contributed by atoms with van der Waals surface area (Å²) >= 11 is 0. The van der Waals surface area contributed by atoms with Gasteiger partial charge in [0.15, 0.2) is 5.25 Å². The molecule has 1 aliphatic carbocycles. The van der Waals surface area contributed by atoms with E-state index in [1.165, 1.54) is 4.31 Å². The first-order valence-corrected chi connectivity index (χ1v) is 8.95. The predicted octanol–water partition coefficient (Wildman–Crippen LogP) is 1.84. The minimum Gasteiger partial charge on any atom is -0.299 e. The van der Waals surface area contributed by atoms with Crippen LogP contribution in [0.4, 0.5) is 0 Å². The van der Waals surface area contributed by atoms with Crippen LogP contribution in [0.2, 0.25) is 0 Å². The molecule has 0 bridgehead atoms. The van der Waals surface area contributed by atoms with Crippen molar-refractivity contribution in [1.29, 1.82) is 5.26 Å². The third kappa shape index (κ3) is 2.75. The van der Waals surface area contributed by atoms with E-state index in [4.69, 9.17) is 5.26 Å². The van der Waals surface area contributed by atoms with Crippen molar-refractivity contribution in [3.05, 3.63) is 0 Å². The predicted molar refractivity (Wildman–Crippen MR) is 75.3 cm³/mol. The Morgan fingerprint density at radius 2 is 2.10 bits per heavy atom. The molecule has 0 spiro atoms. The van der Waals surface area contributed by atoms with Crippen LogP contribution in [0.1, 0.15) is 51.9 Å². The molecule has 20 heavy (non-hydrogen) atoms. The SMILES string of the molecule is CCC(C#N)S(=O)(=O)N1CCCCC1C1CCCC1=O. The number of carbonyl (C=O) groups is 1. The highest BCUT2D eigenvalue weighted by Gasteiger charge is 2.43. The first-order valence-electron chi connectivity index (χ1n) is 7.45. The number of rotatable bonds is 4. The number of nitriles is 1. The number of sulfonamides is 1. The van der Waals surface area contributed by atoms with E-state index in [2.05, 4.69) is 0 Å². The van der Waals surface area contributed by atoms with Gasteiger partial charge < -0.3 is 0 Å². The topological polar surface area (TPSA) is 78.2 Å². The number of piperidine rings is 1. The van der Waals surface area contributed by atoms with Gasteiger partial charge in [0.05, 0.1) is 6.07 Å². The van der Waals surface area contributed by atoms with Crippen molar-refractivity contribution >= 4 is 15.8 Å². The van der Waals surface area contributed by atoms with Gasteiger partial charge in [0.25, 0.3) is 0 Å². The van der Waals surface area contributed by atoms with Crippen molar-refractivity contribution in [1.82, 2.24) is 4.31 Å². The Hall–Kier alpha value is -0.930. The van der Waals surface area contributed by atoms with Crippen LogP contribution >= 0.6 is 0 Å². The van der Waals surface area contributed by atoms with E-state index in [9.17, 15) is 13.2 Å². The van der Waals surface area contributed by atoms with Crippen LogP contribution < -0.4 is 0 Å². The molecule has 2 rings (SSSR count). The summed E-state index contributed by atoms with van der Waals surface area (Å²) in [5.41, 5.74) is 0. The van der Waals surface area contributed by atoms with Crippen LogP contribution in [0.15, 0.2) is 0 Å². The van der Waals surface area contributed by atoms with Crippen molar-refractivity contribution in [3.8, 4) is 6.07 Å². The minimum absolute atomic E-state index is 0.152. The molecule has 1 saturated carbocycles. The Balaban J connectivity index is 2.27. The van der Waals surface area contributed by atoms with E-state index in [1.807, 2.05) is 6.07 Å². The molecule has 1 saturated heterocycles. The molecule has 0 radical (unpaired) electrons. The normalized spacial score (nSPS) is 30.1. The Morgan fingerprint density at radius 1 is 1.35 bits per heavy atom. The molecule has 5 nitrogen and oxygen atoms in total. The number of nitrogens with zero attached hydrogens (tertiary/aromatic N) is 2. The number of carbonyl (C=O) groups excluding carboxylic acids is 1. The molecule has 3 unspecified atom stereocenters. The van der Waals surface area contributed by atoms with Crippen molar-refractivity contribution in [2.45, 2.75) is 63.2 Å². The molecule has 112 valence electrons. The van der Waals surface area contributed by atoms with E-state index in [1.54, 1.807) is 6.92 Å². The lowest BCUT2D eigenvalue weighted by Crippen LogP contribution is -2.51. The lowest BCUT2D eigenvalue weighted by Gasteiger charge is -2.38. The molecule has 3 atom stereocenters. The maximum atomic E-state index is 12.6. The van der Waals surface area contributed by atoms with Gasteiger partial charge in [0.1, 0.15) is 5.78 Å². The van der Waals surface area contributed by atoms with Gasteiger partial charge in [-0.25, -0.2) is 8.42 Å². The summed E-state index contributed by atoms with van der Waals surface area (Å²) in [7, 11) is -3.61. The summed E-state index contributed by atoms with van der Waals surface area (Å²) < 4.78 is 26.7. The van der Waals surface area contributed by atoms with Gasteiger partial charge in [0, 0.05) is 24.9 Å². The van der Waals surface area contributed by atoms with Gasteiger partial charge in [-0.2, -0.15) is 9.57 Å². The fraction of sp³-hybridized carbons (Fsp3) is 0.857. The van der Waals surface area contributed by atoms with Gasteiger partial charge in [0.2, 0.25) is 10.0 Å². The van der Waals surface area contributed by atoms with Crippen LogP contribution in [0, 0.1) is 17.2 Å². The zero-order valence-electron chi connectivity index (χ0n) is 11.9. The lowest BCUT2D eigenvalue weighted by molar-refractivity contribution is -0.122. The summed E-state index contributed by atoms with van der Waals surface area (Å²) in [6.45, 7) is 2.17. The van der Waals surface area contributed by atoms with Crippen molar-refractivity contribution in [2.24, 2.45) is 5.92 Å². The monoisotopic (exact) mass is 298 g/mol. The Morgan fingerprint density at radius 3 is 2.65 bits per heavy atom. The third-order valence-corrected chi connectivity index (χ3v) is 6.78. The molecular formula is C14H22N2O3S. The summed E-state index contributed by atoms with van der Waals surface area (Å²) in [5.74, 6) is 0.0448. The largest absolute Gasteiger partial charge is 0.299 e. The second-order valence-corrected chi connectivity index (χ2v) is 7.78. The first kappa shape index (κ1) is 15.5. The van der Waals surface area contributed by atoms with Crippen LogP contribution in [0.5, 0.6) is 0 Å². The van der Waals surface area contributed by atoms with E-state index in [0.717, 1.165) is 32.1 Å². The zero-order chi connectivity index (χ0) is 14.8. The molecule has 1 heterocycles. The highest BCUT2D eigenvalue weighted by molar-refractivity contribution is 7.90. The molecule has 0 aromatic heterocycles. The van der Waals surface area contributed by atoms with Crippen molar-refractivity contribution in [3.63, 3.8) is 0 Å². The highest BCUT2D eigenvalue weighted by Crippen LogP contribution is 2.35. The molecule has 2 aliphatic rings. The highest BCUT2D eigenvalue weighted by atomic mass is 32.2. The first-order chi connectivity index (χ1) is 9.52. The van der Waals surface area contributed by atoms with Crippen molar-refractivity contribution < 1.29 is 13.2 Å². The maximum Gasteiger partial charge on any atom is 0.230 e. The standard InChI is InChI=1S/C14H22N2O3S/c1-2-11(10-15)20(18,19)16-9-4-3-7-13(16)12-6-5-8-14(12)17/h11-13H,2-9H2,1H3. The quantitative estimate of drug-likeness (QED) is 0.793. The summed E-state index contributed by atoms with van der Waals surface area (Å²) in [4.78, 5) is 12.0. The minimum atomic E-state index is -3.61. The van der Waals surface area contributed by atoms with Crippen LogP contribution in [0.3, 0.4) is 0 Å². The number of Topliss-reactive ketones (excluding diaryl/α,β-unsaturated/α-hetero) is 1. The molecule has 0 aromatic rings. The Bertz CT molecular complexity index is 509. The average Bonchev–Trinajstić information content (AvgIpc) is 2.86. The fourth-order valence-electron chi connectivity index (χ4n) is 3.43. The summed E-state index contributed by atoms with van der Waals surface area (Å²) in [5, 5.41) is 8.09. The van der Waals surface area contributed by atoms with Crippen molar-refractivity contribution in [2.75, 3.05) is 6.54 Å². The molecular weight excluding hydrogens is 276 g/mol. The van der Waals surface area contributed by atoms with Gasteiger partial charge in [-0.15, -0.1) is 0 Å². The lowest BCUT2D eigenvalue weighted by atomic mass is 9.90.